The Bertz CT molecular complexity index is 1010. The Morgan fingerprint density at radius 1 is 1.03 bits per heavy atom. The summed E-state index contributed by atoms with van der Waals surface area (Å²) >= 11 is 2.90. The molecule has 30 heavy (non-hydrogen) atoms. The van der Waals surface area contributed by atoms with Crippen molar-refractivity contribution in [1.29, 1.82) is 0 Å². The molecular weight excluding hydrogens is 414 g/mol. The summed E-state index contributed by atoms with van der Waals surface area (Å²) in [6.45, 7) is 1.29. The van der Waals surface area contributed by atoms with E-state index in [9.17, 15) is 9.59 Å². The van der Waals surface area contributed by atoms with Crippen LogP contribution in [0.4, 0.5) is 11.4 Å². The van der Waals surface area contributed by atoms with Crippen LogP contribution in [0.1, 0.15) is 37.7 Å². The molecule has 1 aromatic carbocycles. The number of carbonyl (C=O) groups excluding carboxylic acids is 2. The van der Waals surface area contributed by atoms with E-state index < -0.39 is 0 Å². The summed E-state index contributed by atoms with van der Waals surface area (Å²) < 4.78 is 0. The van der Waals surface area contributed by atoms with Crippen molar-refractivity contribution < 1.29 is 9.59 Å². The standard InChI is InChI=1S/C23H25N3O2S2/c1-25(2)19-10-9-18(24-22(27)20-5-3-11-29-20)13-17(19)15-26(14-16-7-8-16)23(28)21-6-4-12-30-21/h3-6,9-13,16H,7-8,14-15H2,1-2H3,(H,24,27). The van der Waals surface area contributed by atoms with Gasteiger partial charge in [-0.1, -0.05) is 12.1 Å². The number of nitrogens with zero attached hydrogens (tertiary/aromatic N) is 2. The first-order valence-electron chi connectivity index (χ1n) is 9.99. The van der Waals surface area contributed by atoms with Gasteiger partial charge in [-0.15, -0.1) is 22.7 Å². The van der Waals surface area contributed by atoms with Crippen LogP contribution in [0.2, 0.25) is 0 Å². The van der Waals surface area contributed by atoms with Crippen LogP contribution in [0, 0.1) is 5.92 Å². The molecule has 1 N–H and O–H groups in total. The van der Waals surface area contributed by atoms with Crippen LogP contribution in [0.5, 0.6) is 0 Å². The molecular formula is C23H25N3O2S2. The average molecular weight is 440 g/mol. The highest BCUT2D eigenvalue weighted by molar-refractivity contribution is 7.12. The number of benzene rings is 1. The molecule has 0 bridgehead atoms. The number of rotatable bonds is 8. The maximum atomic E-state index is 13.1. The minimum atomic E-state index is -0.113. The van der Waals surface area contributed by atoms with Gasteiger partial charge in [0.1, 0.15) is 0 Å². The number of thiophene rings is 2. The fourth-order valence-corrected chi connectivity index (χ4v) is 4.73. The quantitative estimate of drug-likeness (QED) is 0.526. The second-order valence-electron chi connectivity index (χ2n) is 7.78. The topological polar surface area (TPSA) is 52.7 Å². The Balaban J connectivity index is 1.59. The first-order chi connectivity index (χ1) is 14.5. The zero-order valence-corrected chi connectivity index (χ0v) is 18.8. The third-order valence-electron chi connectivity index (χ3n) is 5.12. The lowest BCUT2D eigenvalue weighted by Gasteiger charge is -2.26. The molecule has 0 atom stereocenters. The molecule has 1 fully saturated rings. The van der Waals surface area contributed by atoms with Crippen molar-refractivity contribution in [3.63, 3.8) is 0 Å². The van der Waals surface area contributed by atoms with E-state index in [1.807, 2.05) is 77.1 Å². The number of anilines is 2. The van der Waals surface area contributed by atoms with Crippen LogP contribution in [0.25, 0.3) is 0 Å². The van der Waals surface area contributed by atoms with Gasteiger partial charge >= 0.3 is 0 Å². The molecule has 156 valence electrons. The number of nitrogens with one attached hydrogen (secondary N) is 1. The van der Waals surface area contributed by atoms with Crippen LogP contribution in [-0.4, -0.2) is 37.4 Å². The first-order valence-corrected chi connectivity index (χ1v) is 11.7. The summed E-state index contributed by atoms with van der Waals surface area (Å²) in [5.74, 6) is 0.561. The van der Waals surface area contributed by atoms with Crippen molar-refractivity contribution in [3.8, 4) is 0 Å². The van der Waals surface area contributed by atoms with Crippen LogP contribution in [0.15, 0.2) is 53.2 Å². The Hall–Kier alpha value is -2.64. The van der Waals surface area contributed by atoms with E-state index in [1.54, 1.807) is 0 Å². The number of carbonyl (C=O) groups is 2. The highest BCUT2D eigenvalue weighted by atomic mass is 32.1. The van der Waals surface area contributed by atoms with Gasteiger partial charge in [0, 0.05) is 38.6 Å². The van der Waals surface area contributed by atoms with Crippen molar-refractivity contribution in [2.24, 2.45) is 5.92 Å². The van der Waals surface area contributed by atoms with E-state index in [-0.39, 0.29) is 11.8 Å². The van der Waals surface area contributed by atoms with E-state index >= 15 is 0 Å². The molecule has 2 amide bonds. The highest BCUT2D eigenvalue weighted by Gasteiger charge is 2.28. The number of hydrogen-bond acceptors (Lipinski definition) is 5. The summed E-state index contributed by atoms with van der Waals surface area (Å²) in [5.41, 5.74) is 2.81. The second-order valence-corrected chi connectivity index (χ2v) is 9.67. The molecule has 2 aromatic heterocycles. The van der Waals surface area contributed by atoms with Crippen molar-refractivity contribution in [2.45, 2.75) is 19.4 Å². The molecule has 0 spiro atoms. The molecule has 1 aliphatic rings. The summed E-state index contributed by atoms with van der Waals surface area (Å²) in [6.07, 6.45) is 2.37. The van der Waals surface area contributed by atoms with E-state index in [0.717, 1.165) is 28.4 Å². The Labute approximate surface area is 184 Å². The third-order valence-corrected chi connectivity index (χ3v) is 6.85. The van der Waals surface area contributed by atoms with Gasteiger partial charge in [-0.05, 0) is 65.4 Å². The first kappa shape index (κ1) is 20.6. The van der Waals surface area contributed by atoms with Gasteiger partial charge in [0.2, 0.25) is 0 Å². The maximum Gasteiger partial charge on any atom is 0.265 e. The predicted octanol–water partition coefficient (Wildman–Crippen LogP) is 5.18. The number of hydrogen-bond donors (Lipinski definition) is 1. The van der Waals surface area contributed by atoms with E-state index in [1.165, 1.54) is 35.5 Å². The van der Waals surface area contributed by atoms with E-state index in [0.29, 0.717) is 17.3 Å². The van der Waals surface area contributed by atoms with Gasteiger partial charge in [-0.2, -0.15) is 0 Å². The lowest BCUT2D eigenvalue weighted by molar-refractivity contribution is 0.0740. The summed E-state index contributed by atoms with van der Waals surface area (Å²) in [5, 5.41) is 6.81. The summed E-state index contributed by atoms with van der Waals surface area (Å²) in [4.78, 5) is 31.0. The summed E-state index contributed by atoms with van der Waals surface area (Å²) in [7, 11) is 3.99. The largest absolute Gasteiger partial charge is 0.377 e. The smallest absolute Gasteiger partial charge is 0.265 e. The Kier molecular flexibility index (Phi) is 6.20. The van der Waals surface area contributed by atoms with Crippen molar-refractivity contribution >= 4 is 45.9 Å². The van der Waals surface area contributed by atoms with E-state index in [2.05, 4.69) is 5.32 Å². The maximum absolute atomic E-state index is 13.1. The molecule has 5 nitrogen and oxygen atoms in total. The molecule has 1 aliphatic carbocycles. The molecule has 0 aliphatic heterocycles. The lowest BCUT2D eigenvalue weighted by Crippen LogP contribution is -2.32. The second kappa shape index (κ2) is 9.02. The Morgan fingerprint density at radius 2 is 1.73 bits per heavy atom. The van der Waals surface area contributed by atoms with Crippen molar-refractivity contribution in [1.82, 2.24) is 4.90 Å². The third kappa shape index (κ3) is 4.91. The molecule has 4 rings (SSSR count). The normalized spacial score (nSPS) is 13.1. The van der Waals surface area contributed by atoms with Gasteiger partial charge in [-0.3, -0.25) is 9.59 Å². The van der Waals surface area contributed by atoms with Crippen LogP contribution in [0.3, 0.4) is 0 Å². The average Bonchev–Trinajstić information content (AvgIpc) is 3.18. The molecule has 0 saturated heterocycles. The molecule has 0 radical (unpaired) electrons. The number of amides is 2. The van der Waals surface area contributed by atoms with Gasteiger partial charge in [0.05, 0.1) is 9.75 Å². The molecule has 2 heterocycles. The predicted molar refractivity (Wildman–Crippen MR) is 125 cm³/mol. The van der Waals surface area contributed by atoms with Crippen LogP contribution >= 0.6 is 22.7 Å². The molecule has 7 heteroatoms. The molecule has 3 aromatic rings. The van der Waals surface area contributed by atoms with E-state index in [4.69, 9.17) is 0 Å². The van der Waals surface area contributed by atoms with Crippen molar-refractivity contribution in [2.75, 3.05) is 30.9 Å². The SMILES string of the molecule is CN(C)c1ccc(NC(=O)c2cccs2)cc1CN(CC1CC1)C(=O)c1cccs1. The molecule has 1 saturated carbocycles. The van der Waals surface area contributed by atoms with Crippen LogP contribution in [-0.2, 0) is 6.54 Å². The van der Waals surface area contributed by atoms with Gasteiger partial charge in [0.15, 0.2) is 0 Å². The minimum Gasteiger partial charge on any atom is -0.377 e. The van der Waals surface area contributed by atoms with Gasteiger partial charge in [-0.25, -0.2) is 0 Å². The minimum absolute atomic E-state index is 0.0784. The van der Waals surface area contributed by atoms with Gasteiger partial charge in [0.25, 0.3) is 11.8 Å². The highest BCUT2D eigenvalue weighted by Crippen LogP contribution is 2.32. The van der Waals surface area contributed by atoms with Gasteiger partial charge < -0.3 is 15.1 Å². The summed E-state index contributed by atoms with van der Waals surface area (Å²) in [6, 6.07) is 13.4. The monoisotopic (exact) mass is 439 g/mol. The fourth-order valence-electron chi connectivity index (χ4n) is 3.42. The molecule has 0 unspecified atom stereocenters. The zero-order valence-electron chi connectivity index (χ0n) is 17.1. The lowest BCUT2D eigenvalue weighted by atomic mass is 10.1. The van der Waals surface area contributed by atoms with Crippen LogP contribution < -0.4 is 10.2 Å². The van der Waals surface area contributed by atoms with Crippen molar-refractivity contribution in [3.05, 3.63) is 68.5 Å². The Morgan fingerprint density at radius 3 is 2.33 bits per heavy atom. The zero-order chi connectivity index (χ0) is 21.1. The fraction of sp³-hybridized carbons (Fsp3) is 0.304.